The number of benzene rings is 3. The van der Waals surface area contributed by atoms with E-state index in [0.717, 1.165) is 22.5 Å². The summed E-state index contributed by atoms with van der Waals surface area (Å²) in [5.41, 5.74) is 1.70. The second-order valence-electron chi connectivity index (χ2n) is 7.31. The van der Waals surface area contributed by atoms with Gasteiger partial charge in [0.25, 0.3) is 5.91 Å². The Balaban J connectivity index is 1.94. The third kappa shape index (κ3) is 1.80. The first-order valence-corrected chi connectivity index (χ1v) is 9.54. The van der Waals surface area contributed by atoms with Gasteiger partial charge in [0, 0.05) is 11.4 Å². The highest BCUT2D eigenvalue weighted by atomic mass is 16.2. The van der Waals surface area contributed by atoms with Crippen LogP contribution < -0.4 is 10.2 Å². The number of para-hydroxylation sites is 2. The summed E-state index contributed by atoms with van der Waals surface area (Å²) in [4.78, 5) is 28.4. The number of rotatable bonds is 3. The lowest BCUT2D eigenvalue weighted by atomic mass is 9.67. The number of nitrogens with one attached hydrogen (secondary N) is 1. The summed E-state index contributed by atoms with van der Waals surface area (Å²) in [5.74, 6) is -0.897. The van der Waals surface area contributed by atoms with E-state index in [0.29, 0.717) is 6.42 Å². The molecule has 4 nitrogen and oxygen atoms in total. The zero-order valence-corrected chi connectivity index (χ0v) is 15.6. The maximum Gasteiger partial charge on any atom is 0.290 e. The average Bonchev–Trinajstić information content (AvgIpc) is 3.14. The van der Waals surface area contributed by atoms with E-state index in [2.05, 4.69) is 10.2 Å². The van der Waals surface area contributed by atoms with Crippen LogP contribution in [-0.2, 0) is 20.7 Å². The van der Waals surface area contributed by atoms with Crippen molar-refractivity contribution in [1.82, 2.24) is 5.32 Å². The molecular formula is C24H20N2O2. The summed E-state index contributed by atoms with van der Waals surface area (Å²) in [6, 6.07) is 27.7. The molecule has 1 fully saturated rings. The highest BCUT2D eigenvalue weighted by molar-refractivity contribution is 6.43. The van der Waals surface area contributed by atoms with Crippen LogP contribution in [0, 0.1) is 0 Å². The van der Waals surface area contributed by atoms with E-state index in [1.807, 2.05) is 91.9 Å². The van der Waals surface area contributed by atoms with Crippen LogP contribution in [-0.4, -0.2) is 11.7 Å². The number of nitrogens with zero attached hydrogens (tertiary/aromatic N) is 1. The predicted octanol–water partition coefficient (Wildman–Crippen LogP) is 4.04. The maximum absolute atomic E-state index is 13.4. The molecular weight excluding hydrogens is 348 g/mol. The minimum Gasteiger partial charge on any atom is -0.321 e. The lowest BCUT2D eigenvalue weighted by molar-refractivity contribution is -0.137. The average molecular weight is 368 g/mol. The van der Waals surface area contributed by atoms with Crippen molar-refractivity contribution in [3.05, 3.63) is 96.1 Å². The van der Waals surface area contributed by atoms with Crippen LogP contribution >= 0.6 is 0 Å². The molecule has 0 bridgehead atoms. The molecule has 28 heavy (non-hydrogen) atoms. The standard InChI is InChI=1S/C24H20N2O2/c1-2-23-19-15-9-10-16-20(19)26(18-13-7-4-8-14-18)24(23,25-22(28)21(23)27)17-11-5-3-6-12-17/h3-16H,2H2,1H3,(H,25,28). The molecule has 2 unspecified atom stereocenters. The second-order valence-corrected chi connectivity index (χ2v) is 7.31. The first-order valence-electron chi connectivity index (χ1n) is 9.54. The molecule has 0 spiro atoms. The van der Waals surface area contributed by atoms with Crippen LogP contribution in [0.1, 0.15) is 24.5 Å². The van der Waals surface area contributed by atoms with Crippen LogP contribution in [0.15, 0.2) is 84.9 Å². The maximum atomic E-state index is 13.4. The molecule has 2 aliphatic rings. The van der Waals surface area contributed by atoms with Crippen LogP contribution in [0.2, 0.25) is 0 Å². The van der Waals surface area contributed by atoms with Gasteiger partial charge in [-0.1, -0.05) is 73.7 Å². The lowest BCUT2D eigenvalue weighted by Gasteiger charge is -2.44. The Morgan fingerprint density at radius 1 is 0.821 bits per heavy atom. The number of amides is 1. The molecule has 0 aromatic heterocycles. The molecule has 3 aromatic carbocycles. The van der Waals surface area contributed by atoms with Crippen molar-refractivity contribution in [3.8, 4) is 0 Å². The Morgan fingerprint density at radius 2 is 1.43 bits per heavy atom. The van der Waals surface area contributed by atoms with Crippen LogP contribution in [0.3, 0.4) is 0 Å². The van der Waals surface area contributed by atoms with Crippen molar-refractivity contribution in [1.29, 1.82) is 0 Å². The third-order valence-electron chi connectivity index (χ3n) is 6.18. The summed E-state index contributed by atoms with van der Waals surface area (Å²) in [6.07, 6.45) is 0.514. The van der Waals surface area contributed by atoms with E-state index in [9.17, 15) is 9.59 Å². The Labute approximate surface area is 163 Å². The van der Waals surface area contributed by atoms with Crippen LogP contribution in [0.5, 0.6) is 0 Å². The van der Waals surface area contributed by atoms with Crippen molar-refractivity contribution in [3.63, 3.8) is 0 Å². The molecule has 0 saturated carbocycles. The van der Waals surface area contributed by atoms with Gasteiger partial charge in [-0.3, -0.25) is 9.59 Å². The monoisotopic (exact) mass is 368 g/mol. The highest BCUT2D eigenvalue weighted by Gasteiger charge is 2.72. The van der Waals surface area contributed by atoms with E-state index < -0.39 is 17.0 Å². The number of carbonyl (C=O) groups excluding carboxylic acids is 2. The minimum atomic E-state index is -0.998. The second kappa shape index (κ2) is 5.80. The normalized spacial score (nSPS) is 25.4. The van der Waals surface area contributed by atoms with Gasteiger partial charge in [-0.2, -0.15) is 0 Å². The lowest BCUT2D eigenvalue weighted by Crippen LogP contribution is -2.58. The zero-order valence-electron chi connectivity index (χ0n) is 15.6. The molecule has 2 heterocycles. The van der Waals surface area contributed by atoms with Gasteiger partial charge < -0.3 is 10.2 Å². The number of hydrogen-bond donors (Lipinski definition) is 1. The first kappa shape index (κ1) is 16.8. The summed E-state index contributed by atoms with van der Waals surface area (Å²) in [7, 11) is 0. The number of carbonyl (C=O) groups is 2. The first-order chi connectivity index (χ1) is 13.7. The van der Waals surface area contributed by atoms with Gasteiger partial charge in [0.1, 0.15) is 5.41 Å². The van der Waals surface area contributed by atoms with Gasteiger partial charge in [0.15, 0.2) is 5.66 Å². The van der Waals surface area contributed by atoms with Crippen molar-refractivity contribution < 1.29 is 9.59 Å². The number of ketones is 1. The topological polar surface area (TPSA) is 49.4 Å². The Hall–Kier alpha value is -3.40. The van der Waals surface area contributed by atoms with Gasteiger partial charge in [0.05, 0.1) is 0 Å². The van der Waals surface area contributed by atoms with E-state index in [1.54, 1.807) is 0 Å². The summed E-state index contributed by atoms with van der Waals surface area (Å²) >= 11 is 0. The van der Waals surface area contributed by atoms with E-state index in [-0.39, 0.29) is 5.78 Å². The molecule has 0 radical (unpaired) electrons. The fourth-order valence-corrected chi connectivity index (χ4v) is 5.10. The number of hydrogen-bond acceptors (Lipinski definition) is 3. The molecule has 1 N–H and O–H groups in total. The third-order valence-corrected chi connectivity index (χ3v) is 6.18. The number of Topliss-reactive ketones (excluding diaryl/α,β-unsaturated/α-hetero) is 1. The smallest absolute Gasteiger partial charge is 0.290 e. The van der Waals surface area contributed by atoms with E-state index in [4.69, 9.17) is 0 Å². The fraction of sp³-hybridized carbons (Fsp3) is 0.167. The van der Waals surface area contributed by atoms with Gasteiger partial charge >= 0.3 is 0 Å². The zero-order chi connectivity index (χ0) is 19.4. The van der Waals surface area contributed by atoms with Crippen LogP contribution in [0.4, 0.5) is 11.4 Å². The van der Waals surface area contributed by atoms with E-state index in [1.165, 1.54) is 0 Å². The Kier molecular flexibility index (Phi) is 3.47. The summed E-state index contributed by atoms with van der Waals surface area (Å²) < 4.78 is 0. The Morgan fingerprint density at radius 3 is 2.11 bits per heavy atom. The number of fused-ring (bicyclic) bond motifs is 3. The minimum absolute atomic E-state index is 0.371. The SMILES string of the molecule is CCC12C(=O)C(=O)NC1(c1ccccc1)N(c1ccccc1)c1ccccc12. The molecule has 4 heteroatoms. The summed E-state index contributed by atoms with van der Waals surface area (Å²) in [6.45, 7) is 1.99. The highest BCUT2D eigenvalue weighted by Crippen LogP contribution is 2.62. The fourth-order valence-electron chi connectivity index (χ4n) is 5.10. The van der Waals surface area contributed by atoms with Gasteiger partial charge in [-0.15, -0.1) is 0 Å². The van der Waals surface area contributed by atoms with Gasteiger partial charge in [-0.25, -0.2) is 0 Å². The van der Waals surface area contributed by atoms with Crippen molar-refractivity contribution in [2.75, 3.05) is 4.90 Å². The quantitative estimate of drug-likeness (QED) is 0.710. The van der Waals surface area contributed by atoms with Gasteiger partial charge in [-0.05, 0) is 35.7 Å². The molecule has 1 saturated heterocycles. The van der Waals surface area contributed by atoms with E-state index >= 15 is 0 Å². The van der Waals surface area contributed by atoms with Crippen molar-refractivity contribution in [2.24, 2.45) is 0 Å². The molecule has 0 aliphatic carbocycles. The van der Waals surface area contributed by atoms with Gasteiger partial charge in [0.2, 0.25) is 5.78 Å². The molecule has 1 amide bonds. The van der Waals surface area contributed by atoms with Crippen molar-refractivity contribution >= 4 is 23.1 Å². The van der Waals surface area contributed by atoms with Crippen LogP contribution in [0.25, 0.3) is 0 Å². The molecule has 3 aromatic rings. The Bertz CT molecular complexity index is 1080. The van der Waals surface area contributed by atoms with Crippen molar-refractivity contribution in [2.45, 2.75) is 24.4 Å². The molecule has 138 valence electrons. The largest absolute Gasteiger partial charge is 0.321 e. The molecule has 5 rings (SSSR count). The molecule has 2 aliphatic heterocycles. The predicted molar refractivity (Wildman–Crippen MR) is 108 cm³/mol. The number of anilines is 2. The summed E-state index contributed by atoms with van der Waals surface area (Å²) in [5, 5.41) is 3.12. The molecule has 2 atom stereocenters.